The van der Waals surface area contributed by atoms with Gasteiger partial charge in [-0.3, -0.25) is 4.79 Å². The van der Waals surface area contributed by atoms with Gasteiger partial charge in [0.05, 0.1) is 11.4 Å². The average Bonchev–Trinajstić information content (AvgIpc) is 3.41. The first-order chi connectivity index (χ1) is 12.3. The van der Waals surface area contributed by atoms with Gasteiger partial charge < -0.3 is 14.3 Å². The fourth-order valence-corrected chi connectivity index (χ4v) is 2.81. The molecule has 0 atom stereocenters. The van der Waals surface area contributed by atoms with Crippen molar-refractivity contribution < 1.29 is 13.7 Å². The third-order valence-corrected chi connectivity index (χ3v) is 4.22. The second kappa shape index (κ2) is 6.70. The van der Waals surface area contributed by atoms with Gasteiger partial charge in [-0.05, 0) is 23.6 Å². The summed E-state index contributed by atoms with van der Waals surface area (Å²) in [5, 5.41) is 8.47. The van der Waals surface area contributed by atoms with E-state index in [-0.39, 0.29) is 18.1 Å². The summed E-state index contributed by atoms with van der Waals surface area (Å²) in [6, 6.07) is 13.2. The largest absolute Gasteiger partial charge is 0.444 e. The number of nitrogens with zero attached hydrogens (tertiary/aromatic N) is 3. The molecule has 0 saturated heterocycles. The van der Waals surface area contributed by atoms with Crippen molar-refractivity contribution in [1.82, 2.24) is 20.4 Å². The number of oxazole rings is 1. The molecular weight excluding hydrogens is 340 g/mol. The summed E-state index contributed by atoms with van der Waals surface area (Å²) in [7, 11) is 0. The van der Waals surface area contributed by atoms with Gasteiger partial charge in [-0.25, -0.2) is 4.98 Å². The van der Waals surface area contributed by atoms with Crippen LogP contribution >= 0.6 is 11.3 Å². The molecule has 25 heavy (non-hydrogen) atoms. The molecule has 0 bridgehead atoms. The van der Waals surface area contributed by atoms with Crippen molar-refractivity contribution in [2.75, 3.05) is 0 Å². The number of hydrogen-bond donors (Lipinski definition) is 1. The van der Waals surface area contributed by atoms with E-state index in [1.165, 1.54) is 17.6 Å². The summed E-state index contributed by atoms with van der Waals surface area (Å²) in [6.07, 6.45) is 1.32. The Morgan fingerprint density at radius 3 is 2.76 bits per heavy atom. The lowest BCUT2D eigenvalue weighted by molar-refractivity contribution is 0.0944. The maximum absolute atomic E-state index is 12.2. The van der Waals surface area contributed by atoms with Gasteiger partial charge in [-0.15, -0.1) is 11.3 Å². The van der Waals surface area contributed by atoms with Gasteiger partial charge in [0.2, 0.25) is 5.89 Å². The Balaban J connectivity index is 1.40. The van der Waals surface area contributed by atoms with Crippen molar-refractivity contribution in [1.29, 1.82) is 0 Å². The SMILES string of the molecule is O=C(NCc1noc(-c2cccs2)n1)c1coc(-c2ccccc2)n1. The zero-order valence-corrected chi connectivity index (χ0v) is 13.7. The molecule has 0 fully saturated rings. The topological polar surface area (TPSA) is 94.1 Å². The molecule has 7 nitrogen and oxygen atoms in total. The van der Waals surface area contributed by atoms with Crippen molar-refractivity contribution in [3.05, 3.63) is 65.6 Å². The number of benzene rings is 1. The second-order valence-corrected chi connectivity index (χ2v) is 6.03. The van der Waals surface area contributed by atoms with Crippen LogP contribution in [-0.4, -0.2) is 21.0 Å². The molecule has 0 aliphatic carbocycles. The number of rotatable bonds is 5. The molecule has 8 heteroatoms. The van der Waals surface area contributed by atoms with E-state index in [4.69, 9.17) is 8.94 Å². The Morgan fingerprint density at radius 1 is 1.08 bits per heavy atom. The van der Waals surface area contributed by atoms with E-state index >= 15 is 0 Å². The minimum absolute atomic E-state index is 0.140. The van der Waals surface area contributed by atoms with E-state index < -0.39 is 0 Å². The number of hydrogen-bond acceptors (Lipinski definition) is 7. The lowest BCUT2D eigenvalue weighted by Crippen LogP contribution is -2.23. The molecular formula is C17H12N4O3S. The van der Waals surface area contributed by atoms with Crippen LogP contribution in [-0.2, 0) is 6.54 Å². The summed E-state index contributed by atoms with van der Waals surface area (Å²) in [5.74, 6) is 0.856. The lowest BCUT2D eigenvalue weighted by atomic mass is 10.2. The van der Waals surface area contributed by atoms with Crippen molar-refractivity contribution in [3.8, 4) is 22.2 Å². The Hall–Kier alpha value is -3.26. The summed E-state index contributed by atoms with van der Waals surface area (Å²) >= 11 is 1.51. The van der Waals surface area contributed by atoms with Crippen LogP contribution in [0.15, 0.2) is 63.0 Å². The third kappa shape index (κ3) is 3.33. The van der Waals surface area contributed by atoms with Crippen LogP contribution in [0, 0.1) is 0 Å². The maximum atomic E-state index is 12.2. The first kappa shape index (κ1) is 15.3. The second-order valence-electron chi connectivity index (χ2n) is 5.08. The number of carbonyl (C=O) groups excluding carboxylic acids is 1. The highest BCUT2D eigenvalue weighted by atomic mass is 32.1. The summed E-state index contributed by atoms with van der Waals surface area (Å²) in [4.78, 5) is 21.5. The van der Waals surface area contributed by atoms with Crippen LogP contribution in [0.25, 0.3) is 22.2 Å². The first-order valence-corrected chi connectivity index (χ1v) is 8.33. The van der Waals surface area contributed by atoms with E-state index in [0.29, 0.717) is 17.6 Å². The minimum Gasteiger partial charge on any atom is -0.444 e. The van der Waals surface area contributed by atoms with Crippen LogP contribution < -0.4 is 5.32 Å². The predicted molar refractivity (Wildman–Crippen MR) is 90.7 cm³/mol. The zero-order chi connectivity index (χ0) is 17.1. The molecule has 4 aromatic rings. The molecule has 0 spiro atoms. The molecule has 0 aliphatic rings. The first-order valence-electron chi connectivity index (χ1n) is 7.45. The number of thiophene rings is 1. The Kier molecular flexibility index (Phi) is 4.09. The summed E-state index contributed by atoms with van der Waals surface area (Å²) < 4.78 is 10.5. The quantitative estimate of drug-likeness (QED) is 0.592. The van der Waals surface area contributed by atoms with E-state index in [1.54, 1.807) is 0 Å². The van der Waals surface area contributed by atoms with Gasteiger partial charge in [-0.1, -0.05) is 29.4 Å². The fraction of sp³-hybridized carbons (Fsp3) is 0.0588. The summed E-state index contributed by atoms with van der Waals surface area (Å²) in [5.41, 5.74) is 1.00. The Labute approximate surface area is 146 Å². The molecule has 0 aliphatic heterocycles. The number of nitrogens with one attached hydrogen (secondary N) is 1. The fourth-order valence-electron chi connectivity index (χ4n) is 2.17. The highest BCUT2D eigenvalue weighted by Crippen LogP contribution is 2.22. The number of amides is 1. The van der Waals surface area contributed by atoms with Gasteiger partial charge in [0.1, 0.15) is 6.26 Å². The lowest BCUT2D eigenvalue weighted by Gasteiger charge is -1.97. The van der Waals surface area contributed by atoms with E-state index in [1.807, 2.05) is 47.8 Å². The highest BCUT2D eigenvalue weighted by molar-refractivity contribution is 7.13. The maximum Gasteiger partial charge on any atom is 0.273 e. The molecule has 3 aromatic heterocycles. The molecule has 3 heterocycles. The standard InChI is InChI=1S/C17H12N4O3S/c22-15(12-10-23-16(19-12)11-5-2-1-3-6-11)18-9-14-20-17(24-21-14)13-7-4-8-25-13/h1-8,10H,9H2,(H,18,22). The molecule has 4 rings (SSSR count). The molecule has 1 N–H and O–H groups in total. The van der Waals surface area contributed by atoms with Crippen LogP contribution in [0.5, 0.6) is 0 Å². The van der Waals surface area contributed by atoms with E-state index in [2.05, 4.69) is 20.4 Å². The van der Waals surface area contributed by atoms with Gasteiger partial charge in [0.15, 0.2) is 11.5 Å². The Bertz CT molecular complexity index is 976. The van der Waals surface area contributed by atoms with E-state index in [0.717, 1.165) is 10.4 Å². The monoisotopic (exact) mass is 352 g/mol. The molecule has 124 valence electrons. The number of carbonyl (C=O) groups is 1. The van der Waals surface area contributed by atoms with Crippen molar-refractivity contribution in [3.63, 3.8) is 0 Å². The average molecular weight is 352 g/mol. The molecule has 1 aromatic carbocycles. The van der Waals surface area contributed by atoms with Gasteiger partial charge in [0, 0.05) is 5.56 Å². The van der Waals surface area contributed by atoms with Gasteiger partial charge >= 0.3 is 0 Å². The molecule has 0 saturated carbocycles. The molecule has 0 unspecified atom stereocenters. The smallest absolute Gasteiger partial charge is 0.273 e. The van der Waals surface area contributed by atoms with Crippen molar-refractivity contribution >= 4 is 17.2 Å². The van der Waals surface area contributed by atoms with Crippen LogP contribution in [0.2, 0.25) is 0 Å². The summed E-state index contributed by atoms with van der Waals surface area (Å²) in [6.45, 7) is 0.140. The van der Waals surface area contributed by atoms with E-state index in [9.17, 15) is 4.79 Å². The van der Waals surface area contributed by atoms with Crippen LogP contribution in [0.1, 0.15) is 16.3 Å². The highest BCUT2D eigenvalue weighted by Gasteiger charge is 2.15. The third-order valence-electron chi connectivity index (χ3n) is 3.36. The van der Waals surface area contributed by atoms with Gasteiger partial charge in [-0.2, -0.15) is 4.98 Å². The van der Waals surface area contributed by atoms with Gasteiger partial charge in [0.25, 0.3) is 11.8 Å². The number of aromatic nitrogens is 3. The normalized spacial score (nSPS) is 10.7. The molecule has 0 radical (unpaired) electrons. The minimum atomic E-state index is -0.367. The van der Waals surface area contributed by atoms with Crippen LogP contribution in [0.4, 0.5) is 0 Å². The Morgan fingerprint density at radius 2 is 1.96 bits per heavy atom. The zero-order valence-electron chi connectivity index (χ0n) is 12.9. The predicted octanol–water partition coefficient (Wildman–Crippen LogP) is 3.38. The van der Waals surface area contributed by atoms with Crippen LogP contribution in [0.3, 0.4) is 0 Å². The van der Waals surface area contributed by atoms with Crippen molar-refractivity contribution in [2.24, 2.45) is 0 Å². The van der Waals surface area contributed by atoms with Crippen molar-refractivity contribution in [2.45, 2.75) is 6.54 Å². The molecule has 1 amide bonds.